The molecule has 25 heavy (non-hydrogen) atoms. The molecule has 3 aromatic rings. The van der Waals surface area contributed by atoms with E-state index in [4.69, 9.17) is 4.42 Å². The Bertz CT molecular complexity index is 1000. The molecule has 0 bridgehead atoms. The van der Waals surface area contributed by atoms with Gasteiger partial charge in [0.15, 0.2) is 0 Å². The van der Waals surface area contributed by atoms with E-state index in [0.717, 1.165) is 16.7 Å². The predicted molar refractivity (Wildman–Crippen MR) is 97.6 cm³/mol. The lowest BCUT2D eigenvalue weighted by molar-refractivity contribution is 0.564. The summed E-state index contributed by atoms with van der Waals surface area (Å²) in [5, 5.41) is -0.0698. The maximum Gasteiger partial charge on any atom is 0.235 e. The van der Waals surface area contributed by atoms with Gasteiger partial charge in [-0.2, -0.15) is 4.98 Å². The third-order valence-electron chi connectivity index (χ3n) is 3.95. The van der Waals surface area contributed by atoms with Crippen molar-refractivity contribution in [1.82, 2.24) is 4.98 Å². The summed E-state index contributed by atoms with van der Waals surface area (Å²) in [7, 11) is -0.313. The molecule has 0 spiro atoms. The van der Waals surface area contributed by atoms with Crippen LogP contribution in [0.15, 0.2) is 62.9 Å². The van der Waals surface area contributed by atoms with Crippen LogP contribution in [0.2, 0.25) is 0 Å². The van der Waals surface area contributed by atoms with Crippen molar-refractivity contribution in [3.05, 3.63) is 59.7 Å². The van der Waals surface area contributed by atoms with Gasteiger partial charge >= 0.3 is 0 Å². The number of hydrogen-bond donors (Lipinski definition) is 0. The normalized spacial score (nSPS) is 11.5. The fraction of sp³-hybridized carbons (Fsp3) is 0.211. The molecule has 130 valence electrons. The van der Waals surface area contributed by atoms with Gasteiger partial charge in [0.1, 0.15) is 0 Å². The maximum atomic E-state index is 13.1. The lowest BCUT2D eigenvalue weighted by Gasteiger charge is -2.10. The van der Waals surface area contributed by atoms with Crippen LogP contribution in [-0.4, -0.2) is 27.5 Å². The quantitative estimate of drug-likeness (QED) is 0.710. The van der Waals surface area contributed by atoms with Crippen molar-refractivity contribution in [2.75, 3.05) is 19.0 Å². The van der Waals surface area contributed by atoms with Crippen LogP contribution in [-0.2, 0) is 9.84 Å². The summed E-state index contributed by atoms with van der Waals surface area (Å²) in [5.41, 5.74) is 2.73. The second-order valence-corrected chi connectivity index (χ2v) is 8.02. The Morgan fingerprint density at radius 3 is 2.20 bits per heavy atom. The van der Waals surface area contributed by atoms with Gasteiger partial charge in [0.05, 0.1) is 4.90 Å². The molecule has 0 N–H and O–H groups in total. The van der Waals surface area contributed by atoms with Crippen LogP contribution in [0.25, 0.3) is 11.5 Å². The van der Waals surface area contributed by atoms with Crippen molar-refractivity contribution in [3.8, 4) is 11.5 Å². The summed E-state index contributed by atoms with van der Waals surface area (Å²) >= 11 is 0. The maximum absolute atomic E-state index is 13.1. The van der Waals surface area contributed by atoms with Crippen LogP contribution in [0.3, 0.4) is 0 Å². The number of oxazole rings is 1. The van der Waals surface area contributed by atoms with Crippen LogP contribution >= 0.6 is 0 Å². The van der Waals surface area contributed by atoms with Crippen molar-refractivity contribution < 1.29 is 12.8 Å². The van der Waals surface area contributed by atoms with Crippen molar-refractivity contribution in [3.63, 3.8) is 0 Å². The van der Waals surface area contributed by atoms with Gasteiger partial charge in [0, 0.05) is 19.7 Å². The van der Waals surface area contributed by atoms with E-state index in [9.17, 15) is 8.42 Å². The average Bonchev–Trinajstić information content (AvgIpc) is 3.02. The summed E-state index contributed by atoms with van der Waals surface area (Å²) in [6.45, 7) is 3.84. The molecule has 5 nitrogen and oxygen atoms in total. The van der Waals surface area contributed by atoms with E-state index in [-0.39, 0.29) is 15.8 Å². The van der Waals surface area contributed by atoms with E-state index in [0.29, 0.717) is 5.89 Å². The highest BCUT2D eigenvalue weighted by Crippen LogP contribution is 2.34. The summed E-state index contributed by atoms with van der Waals surface area (Å²) in [5.74, 6) is 0.520. The molecule has 0 atom stereocenters. The van der Waals surface area contributed by atoms with E-state index in [2.05, 4.69) is 4.98 Å². The number of aryl methyl sites for hydroxylation is 2. The highest BCUT2D eigenvalue weighted by atomic mass is 32.2. The minimum atomic E-state index is -3.78. The van der Waals surface area contributed by atoms with Crippen LogP contribution < -0.4 is 4.90 Å². The van der Waals surface area contributed by atoms with Crippen LogP contribution in [0.5, 0.6) is 0 Å². The second kappa shape index (κ2) is 6.37. The zero-order valence-corrected chi connectivity index (χ0v) is 15.5. The predicted octanol–water partition coefficient (Wildman–Crippen LogP) is 3.86. The van der Waals surface area contributed by atoms with Gasteiger partial charge < -0.3 is 9.32 Å². The number of aromatic nitrogens is 1. The van der Waals surface area contributed by atoms with E-state index in [1.807, 2.05) is 38.1 Å². The van der Waals surface area contributed by atoms with Gasteiger partial charge in [-0.1, -0.05) is 35.9 Å². The van der Waals surface area contributed by atoms with Crippen molar-refractivity contribution in [2.24, 2.45) is 0 Å². The fourth-order valence-corrected chi connectivity index (χ4v) is 3.89. The van der Waals surface area contributed by atoms with Gasteiger partial charge in [-0.15, -0.1) is 0 Å². The Labute approximate surface area is 147 Å². The third-order valence-corrected chi connectivity index (χ3v) is 5.61. The Kier molecular flexibility index (Phi) is 4.39. The molecular weight excluding hydrogens is 336 g/mol. The molecule has 0 amide bonds. The minimum Gasteiger partial charge on any atom is -0.419 e. The summed E-state index contributed by atoms with van der Waals surface area (Å²) < 4.78 is 31.9. The molecule has 0 radical (unpaired) electrons. The SMILES string of the molecule is Cc1ccc(S(=O)(=O)c2nc(-c3ccccc3C)oc2N(C)C)cc1. The smallest absolute Gasteiger partial charge is 0.235 e. The number of benzene rings is 2. The fourth-order valence-electron chi connectivity index (χ4n) is 2.51. The lowest BCUT2D eigenvalue weighted by Crippen LogP contribution is -2.13. The first-order valence-electron chi connectivity index (χ1n) is 7.86. The average molecular weight is 356 g/mol. The summed E-state index contributed by atoms with van der Waals surface area (Å²) in [4.78, 5) is 6.16. The first-order chi connectivity index (χ1) is 11.8. The topological polar surface area (TPSA) is 63.4 Å². The highest BCUT2D eigenvalue weighted by molar-refractivity contribution is 7.91. The summed E-state index contributed by atoms with van der Waals surface area (Å²) in [6.07, 6.45) is 0. The van der Waals surface area contributed by atoms with Gasteiger partial charge in [-0.25, -0.2) is 8.42 Å². The van der Waals surface area contributed by atoms with Crippen LogP contribution in [0.4, 0.5) is 5.88 Å². The molecule has 2 aromatic carbocycles. The standard InChI is InChI=1S/C19H20N2O3S/c1-13-9-11-15(12-10-13)25(22,23)18-19(21(3)4)24-17(20-18)16-8-6-5-7-14(16)2/h5-12H,1-4H3. The molecule has 0 fully saturated rings. The number of rotatable bonds is 4. The van der Waals surface area contributed by atoms with E-state index in [1.165, 1.54) is 0 Å². The molecule has 0 aliphatic rings. The molecular formula is C19H20N2O3S. The van der Waals surface area contributed by atoms with Gasteiger partial charge in [-0.3, -0.25) is 0 Å². The van der Waals surface area contributed by atoms with Crippen molar-refractivity contribution >= 4 is 15.7 Å². The number of hydrogen-bond acceptors (Lipinski definition) is 5. The highest BCUT2D eigenvalue weighted by Gasteiger charge is 2.29. The van der Waals surface area contributed by atoms with Gasteiger partial charge in [-0.05, 0) is 37.6 Å². The van der Waals surface area contributed by atoms with E-state index < -0.39 is 9.84 Å². The Morgan fingerprint density at radius 1 is 0.960 bits per heavy atom. The summed E-state index contributed by atoms with van der Waals surface area (Å²) in [6, 6.07) is 14.3. The number of anilines is 1. The number of sulfone groups is 1. The lowest BCUT2D eigenvalue weighted by atomic mass is 10.1. The molecule has 3 rings (SSSR count). The minimum absolute atomic E-state index is 0.0698. The van der Waals surface area contributed by atoms with E-state index >= 15 is 0 Å². The monoisotopic (exact) mass is 356 g/mol. The Balaban J connectivity index is 2.19. The van der Waals surface area contributed by atoms with E-state index in [1.54, 1.807) is 43.3 Å². The first kappa shape index (κ1) is 17.2. The molecule has 6 heteroatoms. The zero-order chi connectivity index (χ0) is 18.2. The first-order valence-corrected chi connectivity index (χ1v) is 9.35. The molecule has 0 aliphatic carbocycles. The largest absolute Gasteiger partial charge is 0.419 e. The number of nitrogens with zero attached hydrogens (tertiary/aromatic N) is 2. The van der Waals surface area contributed by atoms with Gasteiger partial charge in [0.2, 0.25) is 26.6 Å². The van der Waals surface area contributed by atoms with Crippen LogP contribution in [0.1, 0.15) is 11.1 Å². The molecule has 0 saturated carbocycles. The third kappa shape index (κ3) is 3.17. The molecule has 0 aliphatic heterocycles. The Hall–Kier alpha value is -2.60. The second-order valence-electron chi connectivity index (χ2n) is 6.16. The van der Waals surface area contributed by atoms with Crippen molar-refractivity contribution in [2.45, 2.75) is 23.8 Å². The molecule has 1 aromatic heterocycles. The van der Waals surface area contributed by atoms with Gasteiger partial charge in [0.25, 0.3) is 0 Å². The molecule has 0 saturated heterocycles. The molecule has 1 heterocycles. The van der Waals surface area contributed by atoms with Crippen LogP contribution in [0, 0.1) is 13.8 Å². The zero-order valence-electron chi connectivity index (χ0n) is 14.6. The Morgan fingerprint density at radius 2 is 1.60 bits per heavy atom. The molecule has 0 unspecified atom stereocenters. The van der Waals surface area contributed by atoms with Crippen molar-refractivity contribution in [1.29, 1.82) is 0 Å².